The fourth-order valence-corrected chi connectivity index (χ4v) is 6.72. The van der Waals surface area contributed by atoms with E-state index in [0.717, 1.165) is 60.2 Å². The lowest BCUT2D eigenvalue weighted by Gasteiger charge is -2.34. The van der Waals surface area contributed by atoms with Crippen molar-refractivity contribution in [3.8, 4) is 22.3 Å². The Morgan fingerprint density at radius 2 is 1.82 bits per heavy atom. The molecule has 1 aliphatic carbocycles. The van der Waals surface area contributed by atoms with Crippen molar-refractivity contribution in [1.29, 1.82) is 0 Å². The molecule has 1 aliphatic heterocycles. The molecule has 2 aromatic heterocycles. The summed E-state index contributed by atoms with van der Waals surface area (Å²) in [5.74, 6) is 6.13. The van der Waals surface area contributed by atoms with Gasteiger partial charge in [-0.3, -0.25) is 4.79 Å². The van der Waals surface area contributed by atoms with E-state index in [-0.39, 0.29) is 16.7 Å². The first kappa shape index (κ1) is 26.6. The number of anilines is 1. The fraction of sp³-hybridized carbons (Fsp3) is 0.433. The van der Waals surface area contributed by atoms with E-state index >= 15 is 0 Å². The number of aromatic carboxylic acids is 1. The van der Waals surface area contributed by atoms with E-state index in [1.807, 2.05) is 35.7 Å². The number of thiophene rings is 1. The average Bonchev–Trinajstić information content (AvgIpc) is 3.62. The number of hydrogen-bond acceptors (Lipinski definition) is 6. The summed E-state index contributed by atoms with van der Waals surface area (Å²) in [6.45, 7) is 4.15. The summed E-state index contributed by atoms with van der Waals surface area (Å²) in [5.41, 5.74) is 4.80. The topological polar surface area (TPSA) is 79.7 Å². The number of benzene rings is 1. The summed E-state index contributed by atoms with van der Waals surface area (Å²) >= 11 is 2.74. The number of amides is 1. The summed E-state index contributed by atoms with van der Waals surface area (Å²) in [7, 11) is 0. The van der Waals surface area contributed by atoms with E-state index in [1.165, 1.54) is 22.7 Å². The van der Waals surface area contributed by atoms with Crippen LogP contribution in [0.4, 0.5) is 5.69 Å². The summed E-state index contributed by atoms with van der Waals surface area (Å²) in [6.07, 6.45) is 5.59. The van der Waals surface area contributed by atoms with Crippen LogP contribution in [0.1, 0.15) is 66.4 Å². The van der Waals surface area contributed by atoms with Crippen molar-refractivity contribution in [2.45, 2.75) is 45.4 Å². The minimum absolute atomic E-state index is 0.0494. The van der Waals surface area contributed by atoms with Crippen LogP contribution >= 0.6 is 22.7 Å². The highest BCUT2D eigenvalue weighted by atomic mass is 32.1. The Hall–Kier alpha value is -2.99. The molecule has 6 nitrogen and oxygen atoms in total. The van der Waals surface area contributed by atoms with E-state index in [4.69, 9.17) is 4.74 Å². The number of ether oxygens (including phenoxy) is 1. The molecule has 1 aromatic carbocycles. The van der Waals surface area contributed by atoms with Gasteiger partial charge in [0.25, 0.3) is 0 Å². The number of rotatable bonds is 6. The maximum absolute atomic E-state index is 13.9. The fourth-order valence-electron chi connectivity index (χ4n) is 5.23. The molecule has 0 unspecified atom stereocenters. The number of thiazole rings is 1. The molecule has 0 radical (unpaired) electrons. The van der Waals surface area contributed by atoms with Gasteiger partial charge in [0, 0.05) is 41.5 Å². The molecule has 38 heavy (non-hydrogen) atoms. The second-order valence-electron chi connectivity index (χ2n) is 10.3. The normalized spacial score (nSPS) is 19.9. The van der Waals surface area contributed by atoms with Crippen LogP contribution in [-0.4, -0.2) is 41.7 Å². The highest BCUT2D eigenvalue weighted by Gasteiger charge is 2.33. The zero-order chi connectivity index (χ0) is 26.5. The Balaban J connectivity index is 1.44. The molecule has 198 valence electrons. The van der Waals surface area contributed by atoms with Crippen LogP contribution in [0.15, 0.2) is 41.2 Å². The molecule has 1 N–H and O–H groups in total. The highest BCUT2D eigenvalue weighted by molar-refractivity contribution is 7.18. The Kier molecular flexibility index (Phi) is 8.58. The van der Waals surface area contributed by atoms with Crippen LogP contribution in [-0.2, 0) is 9.53 Å². The molecule has 0 atom stereocenters. The molecule has 5 rings (SSSR count). The molecule has 1 saturated carbocycles. The van der Waals surface area contributed by atoms with Gasteiger partial charge in [-0.15, -0.1) is 22.7 Å². The van der Waals surface area contributed by atoms with Crippen molar-refractivity contribution in [3.63, 3.8) is 0 Å². The highest BCUT2D eigenvalue weighted by Crippen LogP contribution is 2.40. The Bertz CT molecular complexity index is 1310. The predicted molar refractivity (Wildman–Crippen MR) is 152 cm³/mol. The van der Waals surface area contributed by atoms with Crippen molar-refractivity contribution < 1.29 is 19.4 Å². The molecular formula is C30H32N2O4S2. The lowest BCUT2D eigenvalue weighted by atomic mass is 9.82. The van der Waals surface area contributed by atoms with Crippen molar-refractivity contribution in [2.75, 3.05) is 24.7 Å². The zero-order valence-corrected chi connectivity index (χ0v) is 23.2. The van der Waals surface area contributed by atoms with Gasteiger partial charge in [0.15, 0.2) is 0 Å². The molecule has 3 aromatic rings. The van der Waals surface area contributed by atoms with Crippen LogP contribution in [0, 0.1) is 29.6 Å². The molecule has 0 spiro atoms. The van der Waals surface area contributed by atoms with E-state index in [9.17, 15) is 14.7 Å². The number of hydrogen-bond donors (Lipinski definition) is 1. The van der Waals surface area contributed by atoms with Crippen LogP contribution in [0.3, 0.4) is 0 Å². The number of aromatic nitrogens is 1. The van der Waals surface area contributed by atoms with E-state index in [0.29, 0.717) is 37.3 Å². The number of nitrogens with zero attached hydrogens (tertiary/aromatic N) is 2. The average molecular weight is 549 g/mol. The third-order valence-electron chi connectivity index (χ3n) is 7.55. The lowest BCUT2D eigenvalue weighted by molar-refractivity contribution is -0.123. The molecule has 3 heterocycles. The lowest BCUT2D eigenvalue weighted by Crippen LogP contribution is -2.42. The predicted octanol–water partition coefficient (Wildman–Crippen LogP) is 6.56. The molecule has 0 bridgehead atoms. The van der Waals surface area contributed by atoms with Crippen LogP contribution < -0.4 is 4.90 Å². The van der Waals surface area contributed by atoms with Gasteiger partial charge >= 0.3 is 5.97 Å². The van der Waals surface area contributed by atoms with Crippen molar-refractivity contribution in [1.82, 2.24) is 4.98 Å². The minimum Gasteiger partial charge on any atom is -0.477 e. The van der Waals surface area contributed by atoms with Crippen molar-refractivity contribution >= 4 is 40.2 Å². The van der Waals surface area contributed by atoms with E-state index in [1.54, 1.807) is 10.4 Å². The number of carboxylic acids is 1. The van der Waals surface area contributed by atoms with E-state index < -0.39 is 5.97 Å². The zero-order valence-electron chi connectivity index (χ0n) is 21.5. The maximum Gasteiger partial charge on any atom is 0.348 e. The molecule has 2 aliphatic rings. The number of carboxylic acid groups (broad SMARTS) is 1. The van der Waals surface area contributed by atoms with Gasteiger partial charge in [-0.05, 0) is 80.0 Å². The van der Waals surface area contributed by atoms with Gasteiger partial charge in [-0.25, -0.2) is 9.78 Å². The molecule has 8 heteroatoms. The molecule has 1 amide bonds. The van der Waals surface area contributed by atoms with Gasteiger partial charge in [0.1, 0.15) is 10.6 Å². The minimum atomic E-state index is -0.996. The van der Waals surface area contributed by atoms with Gasteiger partial charge in [-0.1, -0.05) is 25.0 Å². The molecule has 2 fully saturated rings. The van der Waals surface area contributed by atoms with Crippen molar-refractivity contribution in [2.24, 2.45) is 17.8 Å². The van der Waals surface area contributed by atoms with Gasteiger partial charge < -0.3 is 14.7 Å². The third-order valence-corrected chi connectivity index (χ3v) is 9.29. The second-order valence-corrected chi connectivity index (χ2v) is 12.1. The molecule has 1 saturated heterocycles. The first-order chi connectivity index (χ1) is 18.5. The van der Waals surface area contributed by atoms with Gasteiger partial charge in [0.2, 0.25) is 5.91 Å². The summed E-state index contributed by atoms with van der Waals surface area (Å²) in [4.78, 5) is 33.3. The maximum atomic E-state index is 13.9. The van der Waals surface area contributed by atoms with Crippen molar-refractivity contribution in [3.05, 3.63) is 57.4 Å². The number of carbonyl (C=O) groups is 2. The summed E-state index contributed by atoms with van der Waals surface area (Å²) in [5, 5.41) is 12.0. The molecular weight excluding hydrogens is 516 g/mol. The monoisotopic (exact) mass is 548 g/mol. The number of carbonyl (C=O) groups excluding carboxylic acids is 1. The van der Waals surface area contributed by atoms with Crippen LogP contribution in [0.25, 0.3) is 10.4 Å². The third kappa shape index (κ3) is 6.35. The Morgan fingerprint density at radius 3 is 2.47 bits per heavy atom. The smallest absolute Gasteiger partial charge is 0.348 e. The van der Waals surface area contributed by atoms with Crippen LogP contribution in [0.2, 0.25) is 0 Å². The second kappa shape index (κ2) is 12.2. The van der Waals surface area contributed by atoms with Gasteiger partial charge in [0.05, 0.1) is 11.2 Å². The summed E-state index contributed by atoms with van der Waals surface area (Å²) in [6, 6.07) is 9.68. The van der Waals surface area contributed by atoms with Crippen LogP contribution in [0.5, 0.6) is 0 Å². The first-order valence-electron chi connectivity index (χ1n) is 13.2. The quantitative estimate of drug-likeness (QED) is 0.353. The standard InChI is InChI=1S/C30H32N2O4S2/c1-20-2-7-24(8-3-20)29(33)32(17-22-12-14-36-15-13-22)26-16-27(38-28(26)30(34)35)23-9-4-21(5-10-23)6-11-25-18-37-19-31-25/h4-5,9-10,16,18-20,22,24H,2-3,7-8,12-15,17H2,1H3,(H,34,35)/t20-,24-. The Morgan fingerprint density at radius 1 is 1.08 bits per heavy atom. The first-order valence-corrected chi connectivity index (χ1v) is 15.0. The van der Waals surface area contributed by atoms with E-state index in [2.05, 4.69) is 23.7 Å². The van der Waals surface area contributed by atoms with Gasteiger partial charge in [-0.2, -0.15) is 0 Å². The summed E-state index contributed by atoms with van der Waals surface area (Å²) < 4.78 is 5.54. The SMILES string of the molecule is C[C@H]1CC[C@H](C(=O)N(CC2CCOCC2)c2cc(-c3ccc(C#Cc4cscn4)cc3)sc2C(=O)O)CC1. The largest absolute Gasteiger partial charge is 0.477 e. The Labute approximate surface area is 231 Å².